The van der Waals surface area contributed by atoms with Crippen LogP contribution in [0.5, 0.6) is 0 Å². The van der Waals surface area contributed by atoms with Crippen molar-refractivity contribution in [3.63, 3.8) is 0 Å². The summed E-state index contributed by atoms with van der Waals surface area (Å²) < 4.78 is 81.9. The van der Waals surface area contributed by atoms with Gasteiger partial charge in [0.2, 0.25) is 0 Å². The Labute approximate surface area is 178 Å². The van der Waals surface area contributed by atoms with Crippen molar-refractivity contribution in [1.29, 1.82) is 0 Å². The Morgan fingerprint density at radius 1 is 1.19 bits per heavy atom. The summed E-state index contributed by atoms with van der Waals surface area (Å²) in [6.07, 6.45) is -6.11. The first-order valence-electron chi connectivity index (χ1n) is 9.76. The molecule has 0 unspecified atom stereocenters. The lowest BCUT2D eigenvalue weighted by Gasteiger charge is -2.21. The van der Waals surface area contributed by atoms with Crippen LogP contribution in [-0.2, 0) is 11.7 Å². The topological polar surface area (TPSA) is 59.8 Å². The summed E-state index contributed by atoms with van der Waals surface area (Å²) in [5, 5.41) is 3.07. The summed E-state index contributed by atoms with van der Waals surface area (Å²) in [5.74, 6) is -1.08. The van der Waals surface area contributed by atoms with Crippen LogP contribution < -0.4 is 10.9 Å². The van der Waals surface area contributed by atoms with Gasteiger partial charge in [-0.2, -0.15) is 13.2 Å². The predicted molar refractivity (Wildman–Crippen MR) is 105 cm³/mol. The highest BCUT2D eigenvalue weighted by atomic mass is 19.4. The van der Waals surface area contributed by atoms with E-state index in [-0.39, 0.29) is 41.0 Å². The Morgan fingerprint density at radius 3 is 2.47 bits per heavy atom. The predicted octanol–water partition coefficient (Wildman–Crippen LogP) is 5.19. The fourth-order valence-electron chi connectivity index (χ4n) is 3.76. The zero-order valence-corrected chi connectivity index (χ0v) is 17.0. The highest BCUT2D eigenvalue weighted by molar-refractivity contribution is 5.88. The fourth-order valence-corrected chi connectivity index (χ4v) is 3.76. The second-order valence-corrected chi connectivity index (χ2v) is 7.88. The highest BCUT2D eigenvalue weighted by Crippen LogP contribution is 2.48. The minimum Gasteiger partial charge on any atom is -0.363 e. The molecule has 1 aliphatic carbocycles. The average molecular weight is 456 g/mol. The minimum atomic E-state index is -4.86. The van der Waals surface area contributed by atoms with Crippen molar-refractivity contribution >= 4 is 16.7 Å². The fraction of sp³-hybridized carbons (Fsp3) is 0.381. The van der Waals surface area contributed by atoms with Gasteiger partial charge in [-0.1, -0.05) is 12.1 Å². The average Bonchev–Trinajstić information content (AvgIpc) is 3.48. The van der Waals surface area contributed by atoms with E-state index in [0.29, 0.717) is 6.07 Å². The van der Waals surface area contributed by atoms with E-state index in [9.17, 15) is 31.1 Å². The van der Waals surface area contributed by atoms with Crippen molar-refractivity contribution in [3.05, 3.63) is 63.6 Å². The Morgan fingerprint density at radius 2 is 1.88 bits per heavy atom. The molecule has 11 heteroatoms. The van der Waals surface area contributed by atoms with Crippen LogP contribution in [0.15, 0.2) is 35.3 Å². The van der Waals surface area contributed by atoms with Gasteiger partial charge in [-0.3, -0.25) is 4.79 Å². The number of benzene rings is 1. The Hall–Kier alpha value is -3.11. The van der Waals surface area contributed by atoms with E-state index in [4.69, 9.17) is 0 Å². The molecule has 1 saturated carbocycles. The molecule has 170 valence electrons. The smallest absolute Gasteiger partial charge is 0.363 e. The van der Waals surface area contributed by atoms with Gasteiger partial charge < -0.3 is 9.88 Å². The Balaban J connectivity index is 1.79. The molecule has 2 aromatic heterocycles. The standard InChI is InChI=1S/C21H18F6N4O/c1-10(12-4-3-5-14(17(12)22)21(25,26)27)28-18-13-9-31(20(6-7-20)19(23)24)16(32)8-15(13)29-11(2)30-18/h3-5,8-10,19H,6-7H2,1-2H3,(H,28,29,30)/t10-/m1/s1. The molecule has 4 rings (SSSR count). The lowest BCUT2D eigenvalue weighted by Crippen LogP contribution is -2.35. The van der Waals surface area contributed by atoms with E-state index in [0.717, 1.165) is 16.7 Å². The molecule has 2 heterocycles. The Bertz CT molecular complexity index is 1250. The summed E-state index contributed by atoms with van der Waals surface area (Å²) in [5.41, 5.74) is -3.69. The van der Waals surface area contributed by atoms with E-state index < -0.39 is 41.1 Å². The molecule has 0 radical (unpaired) electrons. The van der Waals surface area contributed by atoms with Gasteiger partial charge in [-0.25, -0.2) is 23.1 Å². The van der Waals surface area contributed by atoms with Crippen molar-refractivity contribution < 1.29 is 26.3 Å². The monoisotopic (exact) mass is 456 g/mol. The molecule has 1 fully saturated rings. The minimum absolute atomic E-state index is 0.0932. The molecule has 0 amide bonds. The quantitative estimate of drug-likeness (QED) is 0.538. The highest BCUT2D eigenvalue weighted by Gasteiger charge is 2.53. The van der Waals surface area contributed by atoms with Crippen LogP contribution in [-0.4, -0.2) is 21.0 Å². The molecular weight excluding hydrogens is 438 g/mol. The third kappa shape index (κ3) is 3.69. The van der Waals surface area contributed by atoms with Crippen LogP contribution in [0.2, 0.25) is 0 Å². The van der Waals surface area contributed by atoms with Crippen molar-refractivity contribution in [2.24, 2.45) is 0 Å². The maximum absolute atomic E-state index is 14.6. The van der Waals surface area contributed by atoms with Gasteiger partial charge in [0.25, 0.3) is 12.0 Å². The number of pyridine rings is 1. The second-order valence-electron chi connectivity index (χ2n) is 7.88. The van der Waals surface area contributed by atoms with Gasteiger partial charge in [0.15, 0.2) is 0 Å². The lowest BCUT2D eigenvalue weighted by atomic mass is 10.0. The number of rotatable bonds is 5. The molecule has 0 spiro atoms. The van der Waals surface area contributed by atoms with Gasteiger partial charge in [0, 0.05) is 17.8 Å². The van der Waals surface area contributed by atoms with Crippen LogP contribution in [0.4, 0.5) is 32.2 Å². The first kappa shape index (κ1) is 22.1. The number of nitrogens with zero attached hydrogens (tertiary/aromatic N) is 3. The number of aryl methyl sites for hydroxylation is 1. The van der Waals surface area contributed by atoms with Crippen molar-refractivity contribution in [3.8, 4) is 0 Å². The zero-order chi connectivity index (χ0) is 23.4. The maximum atomic E-state index is 14.6. The molecule has 0 bridgehead atoms. The molecule has 1 aromatic carbocycles. The summed E-state index contributed by atoms with van der Waals surface area (Å²) in [6.45, 7) is 2.98. The van der Waals surface area contributed by atoms with E-state index in [1.807, 2.05) is 0 Å². The number of alkyl halides is 5. The third-order valence-corrected chi connectivity index (χ3v) is 5.64. The third-order valence-electron chi connectivity index (χ3n) is 5.64. The van der Waals surface area contributed by atoms with Crippen LogP contribution in [0, 0.1) is 12.7 Å². The summed E-state index contributed by atoms with van der Waals surface area (Å²) >= 11 is 0. The molecule has 32 heavy (non-hydrogen) atoms. The number of fused-ring (bicyclic) bond motifs is 1. The van der Waals surface area contributed by atoms with E-state index in [1.165, 1.54) is 26.1 Å². The number of hydrogen-bond donors (Lipinski definition) is 1. The van der Waals surface area contributed by atoms with Crippen LogP contribution in [0.3, 0.4) is 0 Å². The number of anilines is 1. The van der Waals surface area contributed by atoms with E-state index in [1.54, 1.807) is 0 Å². The van der Waals surface area contributed by atoms with Crippen molar-refractivity contribution in [2.45, 2.75) is 50.9 Å². The molecular formula is C21H18F6N4O. The van der Waals surface area contributed by atoms with Gasteiger partial charge in [0.05, 0.1) is 22.5 Å². The van der Waals surface area contributed by atoms with Crippen LogP contribution in [0.1, 0.15) is 42.8 Å². The zero-order valence-electron chi connectivity index (χ0n) is 17.0. The lowest BCUT2D eigenvalue weighted by molar-refractivity contribution is -0.140. The maximum Gasteiger partial charge on any atom is 0.419 e. The molecule has 1 aliphatic rings. The SMILES string of the molecule is Cc1nc(N[C@H](C)c2cccc(C(F)(F)F)c2F)c2cn(C3(C(F)F)CC3)c(=O)cc2n1. The summed E-state index contributed by atoms with van der Waals surface area (Å²) in [7, 11) is 0. The number of aromatic nitrogens is 3. The largest absolute Gasteiger partial charge is 0.419 e. The first-order chi connectivity index (χ1) is 14.9. The number of halogens is 6. The molecule has 1 N–H and O–H groups in total. The molecule has 0 aliphatic heterocycles. The molecule has 0 saturated heterocycles. The van der Waals surface area contributed by atoms with Crippen molar-refractivity contribution in [2.75, 3.05) is 5.32 Å². The van der Waals surface area contributed by atoms with Crippen molar-refractivity contribution in [1.82, 2.24) is 14.5 Å². The number of nitrogens with one attached hydrogen (secondary N) is 1. The van der Waals surface area contributed by atoms with Gasteiger partial charge >= 0.3 is 6.18 Å². The van der Waals surface area contributed by atoms with Gasteiger partial charge in [0.1, 0.15) is 23.0 Å². The van der Waals surface area contributed by atoms with Gasteiger partial charge in [-0.15, -0.1) is 0 Å². The molecule has 3 aromatic rings. The molecule has 5 nitrogen and oxygen atoms in total. The van der Waals surface area contributed by atoms with E-state index >= 15 is 0 Å². The summed E-state index contributed by atoms with van der Waals surface area (Å²) in [4.78, 5) is 20.8. The van der Waals surface area contributed by atoms with Crippen LogP contribution in [0.25, 0.3) is 10.9 Å². The normalized spacial score (nSPS) is 16.4. The second kappa shape index (κ2) is 7.49. The molecule has 1 atom stereocenters. The number of hydrogen-bond acceptors (Lipinski definition) is 4. The summed E-state index contributed by atoms with van der Waals surface area (Å²) in [6, 6.07) is 3.12. The first-order valence-corrected chi connectivity index (χ1v) is 9.76. The van der Waals surface area contributed by atoms with Crippen LogP contribution >= 0.6 is 0 Å². The van der Waals surface area contributed by atoms with Gasteiger partial charge in [-0.05, 0) is 32.8 Å². The van der Waals surface area contributed by atoms with E-state index in [2.05, 4.69) is 15.3 Å². The Kier molecular flexibility index (Phi) is 5.17.